The van der Waals surface area contributed by atoms with Crippen molar-refractivity contribution < 1.29 is 4.92 Å². The lowest BCUT2D eigenvalue weighted by Crippen LogP contribution is -2.47. The number of hydrogen-bond donors (Lipinski definition) is 0. The maximum absolute atomic E-state index is 11.3. The predicted octanol–water partition coefficient (Wildman–Crippen LogP) is 4.41. The van der Waals surface area contributed by atoms with E-state index in [4.69, 9.17) is 11.6 Å². The molecular formula is C15H19ClN2O2. The van der Waals surface area contributed by atoms with E-state index in [0.29, 0.717) is 17.6 Å². The van der Waals surface area contributed by atoms with Crippen LogP contribution in [-0.2, 0) is 0 Å². The van der Waals surface area contributed by atoms with Crippen molar-refractivity contribution in [3.63, 3.8) is 0 Å². The number of para-hydroxylation sites is 1. The van der Waals surface area contributed by atoms with Gasteiger partial charge in [-0.1, -0.05) is 30.5 Å². The van der Waals surface area contributed by atoms with Gasteiger partial charge in [0.15, 0.2) is 0 Å². The molecule has 5 heteroatoms. The summed E-state index contributed by atoms with van der Waals surface area (Å²) in [7, 11) is 0. The highest BCUT2D eigenvalue weighted by molar-refractivity contribution is 6.33. The van der Waals surface area contributed by atoms with Crippen LogP contribution in [0.15, 0.2) is 18.2 Å². The van der Waals surface area contributed by atoms with Crippen LogP contribution >= 0.6 is 11.6 Å². The van der Waals surface area contributed by atoms with Gasteiger partial charge in [0.05, 0.1) is 4.92 Å². The minimum Gasteiger partial charge on any atom is -0.363 e. The summed E-state index contributed by atoms with van der Waals surface area (Å²) in [4.78, 5) is 13.2. The van der Waals surface area contributed by atoms with E-state index in [1.54, 1.807) is 6.07 Å². The van der Waals surface area contributed by atoms with E-state index in [2.05, 4.69) is 4.90 Å². The first-order valence-corrected chi connectivity index (χ1v) is 7.76. The van der Waals surface area contributed by atoms with Crippen LogP contribution in [0, 0.1) is 16.0 Å². The zero-order chi connectivity index (χ0) is 14.1. The minimum atomic E-state index is -0.343. The lowest BCUT2D eigenvalue weighted by molar-refractivity contribution is -0.384. The van der Waals surface area contributed by atoms with Crippen LogP contribution in [0.25, 0.3) is 0 Å². The molecule has 0 aromatic heterocycles. The van der Waals surface area contributed by atoms with Gasteiger partial charge in [-0.2, -0.15) is 0 Å². The van der Waals surface area contributed by atoms with Crippen LogP contribution in [-0.4, -0.2) is 17.5 Å². The average Bonchev–Trinajstić information content (AvgIpc) is 2.46. The first-order valence-electron chi connectivity index (χ1n) is 7.38. The third-order valence-corrected chi connectivity index (χ3v) is 5.01. The van der Waals surface area contributed by atoms with E-state index in [-0.39, 0.29) is 15.6 Å². The van der Waals surface area contributed by atoms with E-state index in [9.17, 15) is 10.1 Å². The summed E-state index contributed by atoms with van der Waals surface area (Å²) in [6.07, 6.45) is 7.31. The molecule has 108 valence electrons. The highest BCUT2D eigenvalue weighted by atomic mass is 35.5. The number of piperidine rings is 1. The Morgan fingerprint density at radius 2 is 1.95 bits per heavy atom. The number of nitro benzene ring substituents is 1. The minimum absolute atomic E-state index is 0.0698. The second-order valence-corrected chi connectivity index (χ2v) is 6.22. The van der Waals surface area contributed by atoms with Gasteiger partial charge in [0, 0.05) is 12.6 Å². The normalized spacial score (nSPS) is 26.1. The molecule has 0 spiro atoms. The molecule has 1 saturated heterocycles. The monoisotopic (exact) mass is 294 g/mol. The van der Waals surface area contributed by atoms with Crippen LogP contribution < -0.4 is 4.90 Å². The summed E-state index contributed by atoms with van der Waals surface area (Å²) in [5.74, 6) is 0.691. The summed E-state index contributed by atoms with van der Waals surface area (Å²) < 4.78 is 0. The number of rotatable bonds is 2. The summed E-state index contributed by atoms with van der Waals surface area (Å²) in [5.41, 5.74) is 0.777. The Hall–Kier alpha value is -1.29. The van der Waals surface area contributed by atoms with E-state index in [1.807, 2.05) is 12.1 Å². The number of anilines is 1. The molecule has 20 heavy (non-hydrogen) atoms. The first kappa shape index (κ1) is 13.7. The number of nitro groups is 1. The van der Waals surface area contributed by atoms with Gasteiger partial charge in [0.25, 0.3) is 0 Å². The Morgan fingerprint density at radius 3 is 2.75 bits per heavy atom. The largest absolute Gasteiger partial charge is 0.363 e. The van der Waals surface area contributed by atoms with Gasteiger partial charge in [-0.05, 0) is 43.7 Å². The SMILES string of the molecule is O=[N+]([O-])c1c(Cl)cccc1N1CCC[C@H]2CCCC[C@H]21. The molecule has 2 aliphatic rings. The number of nitrogens with zero attached hydrogens (tertiary/aromatic N) is 2. The molecule has 0 unspecified atom stereocenters. The van der Waals surface area contributed by atoms with E-state index in [1.165, 1.54) is 25.7 Å². The Kier molecular flexibility index (Phi) is 3.83. The molecular weight excluding hydrogens is 276 g/mol. The second-order valence-electron chi connectivity index (χ2n) is 5.81. The zero-order valence-electron chi connectivity index (χ0n) is 11.4. The molecule has 1 aliphatic heterocycles. The molecule has 1 saturated carbocycles. The quantitative estimate of drug-likeness (QED) is 0.599. The van der Waals surface area contributed by atoms with E-state index < -0.39 is 0 Å². The van der Waals surface area contributed by atoms with Gasteiger partial charge in [-0.3, -0.25) is 10.1 Å². The maximum atomic E-state index is 11.3. The molecule has 0 radical (unpaired) electrons. The molecule has 1 aliphatic carbocycles. The zero-order valence-corrected chi connectivity index (χ0v) is 12.2. The summed E-state index contributed by atoms with van der Waals surface area (Å²) in [6.45, 7) is 0.905. The van der Waals surface area contributed by atoms with Crippen molar-refractivity contribution in [3.8, 4) is 0 Å². The van der Waals surface area contributed by atoms with Crippen molar-refractivity contribution in [2.75, 3.05) is 11.4 Å². The lowest BCUT2D eigenvalue weighted by Gasteiger charge is -2.45. The molecule has 3 rings (SSSR count). The standard InChI is InChI=1S/C15H19ClN2O2/c16-12-7-3-9-14(15(12)18(19)20)17-10-4-6-11-5-1-2-8-13(11)17/h3,7,9,11,13H,1-2,4-6,8,10H2/t11-,13-/m1/s1. The molecule has 4 nitrogen and oxygen atoms in total. The average molecular weight is 295 g/mol. The third kappa shape index (κ3) is 2.37. The van der Waals surface area contributed by atoms with Gasteiger partial charge in [-0.15, -0.1) is 0 Å². The number of fused-ring (bicyclic) bond motifs is 1. The number of halogens is 1. The van der Waals surface area contributed by atoms with Gasteiger partial charge < -0.3 is 4.90 Å². The summed E-state index contributed by atoms with van der Waals surface area (Å²) in [5, 5.41) is 11.6. The Labute approximate surface area is 123 Å². The van der Waals surface area contributed by atoms with Crippen molar-refractivity contribution in [2.45, 2.75) is 44.6 Å². The van der Waals surface area contributed by atoms with Gasteiger partial charge in [0.1, 0.15) is 10.7 Å². The van der Waals surface area contributed by atoms with Gasteiger partial charge in [0.2, 0.25) is 0 Å². The third-order valence-electron chi connectivity index (χ3n) is 4.70. The fraction of sp³-hybridized carbons (Fsp3) is 0.600. The topological polar surface area (TPSA) is 46.4 Å². The Balaban J connectivity index is 1.99. The molecule has 1 aromatic carbocycles. The van der Waals surface area contributed by atoms with Crippen LogP contribution in [0.2, 0.25) is 5.02 Å². The van der Waals surface area contributed by atoms with Crippen molar-refractivity contribution in [3.05, 3.63) is 33.3 Å². The molecule has 1 heterocycles. The second kappa shape index (κ2) is 5.60. The highest BCUT2D eigenvalue weighted by Crippen LogP contribution is 2.42. The maximum Gasteiger partial charge on any atom is 0.310 e. The molecule has 1 aromatic rings. The van der Waals surface area contributed by atoms with E-state index in [0.717, 1.165) is 19.4 Å². The molecule has 0 N–H and O–H groups in total. The fourth-order valence-electron chi connectivity index (χ4n) is 3.84. The van der Waals surface area contributed by atoms with Crippen LogP contribution in [0.5, 0.6) is 0 Å². The Bertz CT molecular complexity index is 519. The summed E-state index contributed by atoms with van der Waals surface area (Å²) >= 11 is 6.05. The molecule has 2 atom stereocenters. The van der Waals surface area contributed by atoms with Gasteiger partial charge >= 0.3 is 5.69 Å². The Morgan fingerprint density at radius 1 is 1.20 bits per heavy atom. The predicted molar refractivity (Wildman–Crippen MR) is 80.4 cm³/mol. The summed E-state index contributed by atoms with van der Waals surface area (Å²) in [6, 6.07) is 5.72. The van der Waals surface area contributed by atoms with Crippen LogP contribution in [0.3, 0.4) is 0 Å². The van der Waals surface area contributed by atoms with Crippen LogP contribution in [0.4, 0.5) is 11.4 Å². The van der Waals surface area contributed by atoms with E-state index >= 15 is 0 Å². The van der Waals surface area contributed by atoms with Crippen molar-refractivity contribution in [1.82, 2.24) is 0 Å². The number of hydrogen-bond acceptors (Lipinski definition) is 3. The molecule has 0 amide bonds. The molecule has 0 bridgehead atoms. The highest BCUT2D eigenvalue weighted by Gasteiger charge is 2.36. The molecule has 2 fully saturated rings. The smallest absolute Gasteiger partial charge is 0.310 e. The van der Waals surface area contributed by atoms with Crippen LogP contribution in [0.1, 0.15) is 38.5 Å². The lowest BCUT2D eigenvalue weighted by atomic mass is 9.78. The van der Waals surface area contributed by atoms with Crippen molar-refractivity contribution in [1.29, 1.82) is 0 Å². The van der Waals surface area contributed by atoms with Gasteiger partial charge in [-0.25, -0.2) is 0 Å². The first-order chi connectivity index (χ1) is 9.68. The fourth-order valence-corrected chi connectivity index (χ4v) is 4.08. The van der Waals surface area contributed by atoms with Crippen molar-refractivity contribution >= 4 is 23.0 Å². The number of benzene rings is 1. The van der Waals surface area contributed by atoms with Crippen molar-refractivity contribution in [2.24, 2.45) is 5.92 Å².